The minimum Gasteiger partial charge on any atom is -0.515 e. The van der Waals surface area contributed by atoms with Gasteiger partial charge < -0.3 is 5.11 Å². The number of allylic oxidation sites excluding steroid dienone is 1. The summed E-state index contributed by atoms with van der Waals surface area (Å²) < 4.78 is 0. The fourth-order valence-electron chi connectivity index (χ4n) is 5.80. The number of carbonyl (C=O) groups excluding carboxylic acids is 1. The third-order valence-corrected chi connectivity index (χ3v) is 7.54. The Morgan fingerprint density at radius 2 is 1.79 bits per heavy atom. The molecular formula is C29H25N3O2. The van der Waals surface area contributed by atoms with Crippen LogP contribution in [0.25, 0.3) is 33.5 Å². The van der Waals surface area contributed by atoms with Crippen molar-refractivity contribution in [1.29, 1.82) is 0 Å². The molecule has 0 bridgehead atoms. The third-order valence-electron chi connectivity index (χ3n) is 7.54. The summed E-state index contributed by atoms with van der Waals surface area (Å²) in [6.45, 7) is 1.99. The molecular weight excluding hydrogens is 422 g/mol. The van der Waals surface area contributed by atoms with Crippen molar-refractivity contribution < 1.29 is 9.90 Å². The molecule has 2 heterocycles. The summed E-state index contributed by atoms with van der Waals surface area (Å²) in [5.41, 5.74) is 6.55. The van der Waals surface area contributed by atoms with Gasteiger partial charge in [0.25, 0.3) is 0 Å². The number of ketones is 1. The van der Waals surface area contributed by atoms with E-state index in [1.807, 2.05) is 49.4 Å². The molecule has 2 aliphatic rings. The van der Waals surface area contributed by atoms with Crippen LogP contribution >= 0.6 is 0 Å². The van der Waals surface area contributed by atoms with E-state index in [0.717, 1.165) is 58.1 Å². The molecule has 3 atom stereocenters. The number of aliphatic hydroxyl groups is 1. The highest BCUT2D eigenvalue weighted by Crippen LogP contribution is 2.49. The van der Waals surface area contributed by atoms with Crippen LogP contribution < -0.4 is 0 Å². The zero-order valence-electron chi connectivity index (χ0n) is 19.0. The quantitative estimate of drug-likeness (QED) is 0.299. The fraction of sp³-hybridized carbons (Fsp3) is 0.241. The number of carbonyl (C=O) groups is 1. The standard InChI is InChI=1S/C29H25N3O2/c1-17-20-11-12-23-26(18-7-3-2-4-8-18)31-29(22-13-14-30-25-10-6-5-9-21(22)25)32-27(23)24(20)15-19(16-33)28(17)34/h2-10,13-14,16-17,20,24,33H,11-12,15H2,1H3/b19-16-. The average Bonchev–Trinajstić information content (AvgIpc) is 2.90. The van der Waals surface area contributed by atoms with E-state index >= 15 is 0 Å². The summed E-state index contributed by atoms with van der Waals surface area (Å²) in [6, 6.07) is 20.3. The van der Waals surface area contributed by atoms with Gasteiger partial charge in [-0.05, 0) is 37.3 Å². The summed E-state index contributed by atoms with van der Waals surface area (Å²) in [6.07, 6.45) is 5.08. The number of hydrogen-bond donors (Lipinski definition) is 1. The molecule has 5 nitrogen and oxygen atoms in total. The summed E-state index contributed by atoms with van der Waals surface area (Å²) in [5.74, 6) is 0.892. The Labute approximate surface area is 198 Å². The smallest absolute Gasteiger partial charge is 0.165 e. The zero-order chi connectivity index (χ0) is 23.2. The summed E-state index contributed by atoms with van der Waals surface area (Å²) in [7, 11) is 0. The van der Waals surface area contributed by atoms with Crippen LogP contribution in [0.5, 0.6) is 0 Å². The summed E-state index contributed by atoms with van der Waals surface area (Å²) >= 11 is 0. The van der Waals surface area contributed by atoms with E-state index < -0.39 is 0 Å². The van der Waals surface area contributed by atoms with Gasteiger partial charge in [-0.25, -0.2) is 9.97 Å². The first-order valence-electron chi connectivity index (χ1n) is 11.8. The first-order valence-corrected chi connectivity index (χ1v) is 11.8. The Balaban J connectivity index is 1.61. The number of rotatable bonds is 2. The topological polar surface area (TPSA) is 76.0 Å². The van der Waals surface area contributed by atoms with Crippen LogP contribution in [-0.4, -0.2) is 25.8 Å². The lowest BCUT2D eigenvalue weighted by Crippen LogP contribution is -2.37. The van der Waals surface area contributed by atoms with Crippen molar-refractivity contribution in [3.05, 3.63) is 90.0 Å². The van der Waals surface area contributed by atoms with E-state index in [1.54, 1.807) is 6.20 Å². The number of nitrogens with zero attached hydrogens (tertiary/aromatic N) is 3. The van der Waals surface area contributed by atoms with E-state index in [4.69, 9.17) is 9.97 Å². The van der Waals surface area contributed by atoms with Crippen LogP contribution in [-0.2, 0) is 11.2 Å². The van der Waals surface area contributed by atoms with Gasteiger partial charge in [0.05, 0.1) is 23.2 Å². The molecule has 3 unspecified atom stereocenters. The number of fused-ring (bicyclic) bond motifs is 4. The van der Waals surface area contributed by atoms with E-state index in [0.29, 0.717) is 17.8 Å². The molecule has 2 aromatic heterocycles. The maximum atomic E-state index is 12.8. The molecule has 2 aromatic carbocycles. The van der Waals surface area contributed by atoms with Gasteiger partial charge in [-0.15, -0.1) is 0 Å². The van der Waals surface area contributed by atoms with Gasteiger partial charge in [0, 0.05) is 45.7 Å². The van der Waals surface area contributed by atoms with Gasteiger partial charge in [-0.2, -0.15) is 0 Å². The Kier molecular flexibility index (Phi) is 4.98. The lowest BCUT2D eigenvalue weighted by Gasteiger charge is -2.40. The molecule has 0 saturated heterocycles. The lowest BCUT2D eigenvalue weighted by atomic mass is 9.63. The Hall–Kier alpha value is -3.86. The summed E-state index contributed by atoms with van der Waals surface area (Å²) in [4.78, 5) is 27.6. The SMILES string of the molecule is CC1C(=O)/C(=C\O)CC2c3nc(-c4ccnc5ccccc45)nc(-c4ccccc4)c3CCC12. The van der Waals surface area contributed by atoms with E-state index in [9.17, 15) is 9.90 Å². The second kappa shape index (κ2) is 8.17. The van der Waals surface area contributed by atoms with E-state index in [1.165, 1.54) is 0 Å². The highest BCUT2D eigenvalue weighted by molar-refractivity contribution is 5.98. The van der Waals surface area contributed by atoms with Crippen molar-refractivity contribution in [2.45, 2.75) is 32.1 Å². The van der Waals surface area contributed by atoms with Crippen LogP contribution in [0.4, 0.5) is 0 Å². The molecule has 0 radical (unpaired) electrons. The predicted octanol–water partition coefficient (Wildman–Crippen LogP) is 6.06. The molecule has 168 valence electrons. The Morgan fingerprint density at radius 3 is 2.62 bits per heavy atom. The van der Waals surface area contributed by atoms with Gasteiger partial charge in [0.1, 0.15) is 0 Å². The summed E-state index contributed by atoms with van der Waals surface area (Å²) in [5, 5.41) is 10.8. The van der Waals surface area contributed by atoms with Crippen molar-refractivity contribution in [1.82, 2.24) is 15.0 Å². The van der Waals surface area contributed by atoms with Crippen LogP contribution in [0, 0.1) is 11.8 Å². The van der Waals surface area contributed by atoms with Crippen molar-refractivity contribution in [3.8, 4) is 22.6 Å². The van der Waals surface area contributed by atoms with Gasteiger partial charge in [0.2, 0.25) is 0 Å². The van der Waals surface area contributed by atoms with Gasteiger partial charge in [0.15, 0.2) is 11.6 Å². The van der Waals surface area contributed by atoms with Crippen molar-refractivity contribution in [3.63, 3.8) is 0 Å². The number of para-hydroxylation sites is 1. The van der Waals surface area contributed by atoms with Crippen molar-refractivity contribution >= 4 is 16.7 Å². The van der Waals surface area contributed by atoms with E-state index in [2.05, 4.69) is 23.2 Å². The molecule has 0 spiro atoms. The lowest BCUT2D eigenvalue weighted by molar-refractivity contribution is -0.122. The second-order valence-corrected chi connectivity index (χ2v) is 9.32. The number of benzene rings is 2. The maximum Gasteiger partial charge on any atom is 0.165 e. The minimum absolute atomic E-state index is 0.0601. The molecule has 1 fully saturated rings. The molecule has 0 aliphatic heterocycles. The van der Waals surface area contributed by atoms with Crippen molar-refractivity contribution in [2.75, 3.05) is 0 Å². The van der Waals surface area contributed by atoms with Crippen LogP contribution in [0.1, 0.15) is 36.9 Å². The Morgan fingerprint density at radius 1 is 1.00 bits per heavy atom. The molecule has 1 N–H and O–H groups in total. The average molecular weight is 448 g/mol. The van der Waals surface area contributed by atoms with Gasteiger partial charge in [-0.1, -0.05) is 55.5 Å². The highest BCUT2D eigenvalue weighted by Gasteiger charge is 2.43. The molecule has 6 rings (SSSR count). The number of hydrogen-bond acceptors (Lipinski definition) is 5. The predicted molar refractivity (Wildman–Crippen MR) is 132 cm³/mol. The molecule has 5 heteroatoms. The van der Waals surface area contributed by atoms with Crippen LogP contribution in [0.15, 0.2) is 78.7 Å². The zero-order valence-corrected chi connectivity index (χ0v) is 19.0. The van der Waals surface area contributed by atoms with Crippen LogP contribution in [0.2, 0.25) is 0 Å². The second-order valence-electron chi connectivity index (χ2n) is 9.32. The fourth-order valence-corrected chi connectivity index (χ4v) is 5.80. The monoisotopic (exact) mass is 447 g/mol. The normalized spacial score (nSPS) is 23.0. The minimum atomic E-state index is -0.134. The first kappa shape index (κ1) is 20.7. The number of aliphatic hydroxyl groups excluding tert-OH is 1. The van der Waals surface area contributed by atoms with E-state index in [-0.39, 0.29) is 23.5 Å². The molecule has 0 amide bonds. The van der Waals surface area contributed by atoms with Gasteiger partial charge in [-0.3, -0.25) is 9.78 Å². The largest absolute Gasteiger partial charge is 0.515 e. The molecule has 4 aromatic rings. The van der Waals surface area contributed by atoms with Gasteiger partial charge >= 0.3 is 0 Å². The van der Waals surface area contributed by atoms with Crippen LogP contribution in [0.3, 0.4) is 0 Å². The molecule has 34 heavy (non-hydrogen) atoms. The Bertz CT molecular complexity index is 1440. The van der Waals surface area contributed by atoms with Crippen molar-refractivity contribution in [2.24, 2.45) is 11.8 Å². The number of pyridine rings is 1. The highest BCUT2D eigenvalue weighted by atomic mass is 16.2. The third kappa shape index (κ3) is 3.23. The number of Topliss-reactive ketones (excluding diaryl/α,β-unsaturated/α-hetero) is 1. The molecule has 2 aliphatic carbocycles. The molecule has 1 saturated carbocycles. The maximum absolute atomic E-state index is 12.8. The number of aromatic nitrogens is 3. The first-order chi connectivity index (χ1) is 16.7.